The van der Waals surface area contributed by atoms with E-state index >= 15 is 0 Å². The van der Waals surface area contributed by atoms with Crippen LogP contribution >= 0.6 is 0 Å². The number of carbonyl (C=O) groups excluding carboxylic acids is 1. The molecule has 0 bridgehead atoms. The highest BCUT2D eigenvalue weighted by molar-refractivity contribution is 5.92. The van der Waals surface area contributed by atoms with E-state index in [1.165, 1.54) is 0 Å². The van der Waals surface area contributed by atoms with Crippen molar-refractivity contribution in [3.05, 3.63) is 29.8 Å². The van der Waals surface area contributed by atoms with Crippen LogP contribution in [0.15, 0.2) is 18.2 Å². The lowest BCUT2D eigenvalue weighted by Crippen LogP contribution is -2.43. The van der Waals surface area contributed by atoms with E-state index in [-0.39, 0.29) is 24.2 Å². The van der Waals surface area contributed by atoms with Crippen molar-refractivity contribution in [2.75, 3.05) is 25.5 Å². The first-order chi connectivity index (χ1) is 9.51. The minimum Gasteiger partial charge on any atom is -0.329 e. The van der Waals surface area contributed by atoms with Gasteiger partial charge in [0.1, 0.15) is 11.6 Å². The van der Waals surface area contributed by atoms with Gasteiger partial charge in [0.05, 0.1) is 12.2 Å². The fraction of sp³-hybridized carbons (Fsp3) is 0.500. The standard InChI is InChI=1S/C14H19F2N3O/c1-19(13(7-17)9-2-3-9)8-14(20)18-12-6-10(15)4-5-11(12)16/h4-6,9,13H,2-3,7-8,17H2,1H3,(H,18,20). The van der Waals surface area contributed by atoms with E-state index < -0.39 is 11.6 Å². The van der Waals surface area contributed by atoms with Gasteiger partial charge in [-0.25, -0.2) is 8.78 Å². The Morgan fingerprint density at radius 1 is 1.50 bits per heavy atom. The molecular weight excluding hydrogens is 264 g/mol. The predicted molar refractivity (Wildman–Crippen MR) is 73.2 cm³/mol. The van der Waals surface area contributed by atoms with Gasteiger partial charge in [0.2, 0.25) is 5.91 Å². The molecule has 1 aliphatic rings. The summed E-state index contributed by atoms with van der Waals surface area (Å²) in [7, 11) is 1.82. The molecule has 1 fully saturated rings. The Morgan fingerprint density at radius 3 is 2.80 bits per heavy atom. The summed E-state index contributed by atoms with van der Waals surface area (Å²) in [4.78, 5) is 13.7. The molecule has 20 heavy (non-hydrogen) atoms. The molecule has 3 N–H and O–H groups in total. The number of nitrogens with one attached hydrogen (secondary N) is 1. The molecule has 110 valence electrons. The van der Waals surface area contributed by atoms with Crippen molar-refractivity contribution in [3.63, 3.8) is 0 Å². The normalized spacial score (nSPS) is 16.2. The molecule has 0 radical (unpaired) electrons. The Hall–Kier alpha value is -1.53. The van der Waals surface area contributed by atoms with E-state index in [2.05, 4.69) is 5.32 Å². The van der Waals surface area contributed by atoms with Gasteiger partial charge in [0.25, 0.3) is 0 Å². The van der Waals surface area contributed by atoms with Crippen molar-refractivity contribution in [1.82, 2.24) is 4.90 Å². The molecule has 0 spiro atoms. The number of nitrogens with zero attached hydrogens (tertiary/aromatic N) is 1. The molecular formula is C14H19F2N3O. The Kier molecular flexibility index (Phi) is 4.67. The number of hydrogen-bond donors (Lipinski definition) is 2. The van der Waals surface area contributed by atoms with Crippen LogP contribution < -0.4 is 11.1 Å². The number of benzene rings is 1. The summed E-state index contributed by atoms with van der Waals surface area (Å²) < 4.78 is 26.4. The highest BCUT2D eigenvalue weighted by Crippen LogP contribution is 2.34. The lowest BCUT2D eigenvalue weighted by molar-refractivity contribution is -0.117. The second-order valence-electron chi connectivity index (χ2n) is 5.23. The minimum atomic E-state index is -0.653. The van der Waals surface area contributed by atoms with Crippen LogP contribution in [0.25, 0.3) is 0 Å². The number of carbonyl (C=O) groups is 1. The Balaban J connectivity index is 1.93. The molecule has 1 aromatic carbocycles. The van der Waals surface area contributed by atoms with Crippen LogP contribution in [0.3, 0.4) is 0 Å². The third-order valence-corrected chi connectivity index (χ3v) is 3.57. The van der Waals surface area contributed by atoms with Gasteiger partial charge in [-0.1, -0.05) is 0 Å². The van der Waals surface area contributed by atoms with Crippen molar-refractivity contribution in [1.29, 1.82) is 0 Å². The number of amides is 1. The van der Waals surface area contributed by atoms with Gasteiger partial charge in [-0.3, -0.25) is 9.69 Å². The van der Waals surface area contributed by atoms with E-state index in [0.29, 0.717) is 12.5 Å². The number of likely N-dealkylation sites (N-methyl/N-ethyl adjacent to an activating group) is 1. The average molecular weight is 283 g/mol. The lowest BCUT2D eigenvalue weighted by Gasteiger charge is -2.26. The quantitative estimate of drug-likeness (QED) is 0.833. The topological polar surface area (TPSA) is 58.4 Å². The van der Waals surface area contributed by atoms with Crippen LogP contribution in [0.2, 0.25) is 0 Å². The second kappa shape index (κ2) is 6.28. The van der Waals surface area contributed by atoms with Crippen molar-refractivity contribution in [2.45, 2.75) is 18.9 Å². The third-order valence-electron chi connectivity index (χ3n) is 3.57. The van der Waals surface area contributed by atoms with Gasteiger partial charge in [0, 0.05) is 18.7 Å². The molecule has 1 atom stereocenters. The molecule has 4 nitrogen and oxygen atoms in total. The molecule has 6 heteroatoms. The van der Waals surface area contributed by atoms with Crippen LogP contribution in [0.5, 0.6) is 0 Å². The molecule has 0 aromatic heterocycles. The molecule has 0 saturated heterocycles. The highest BCUT2D eigenvalue weighted by atomic mass is 19.1. The molecule has 1 aromatic rings. The van der Waals surface area contributed by atoms with Crippen LogP contribution in [0.1, 0.15) is 12.8 Å². The Labute approximate surface area is 116 Å². The molecule has 0 heterocycles. The summed E-state index contributed by atoms with van der Waals surface area (Å²) in [5.41, 5.74) is 5.56. The van der Waals surface area contributed by atoms with E-state index in [4.69, 9.17) is 5.73 Å². The maximum absolute atomic E-state index is 13.4. The van der Waals surface area contributed by atoms with E-state index in [0.717, 1.165) is 31.0 Å². The summed E-state index contributed by atoms with van der Waals surface area (Å²) in [6.07, 6.45) is 2.26. The number of nitrogens with two attached hydrogens (primary N) is 1. The third kappa shape index (κ3) is 3.74. The van der Waals surface area contributed by atoms with Crippen LogP contribution in [-0.4, -0.2) is 37.0 Å². The van der Waals surface area contributed by atoms with Crippen LogP contribution in [0.4, 0.5) is 14.5 Å². The summed E-state index contributed by atoms with van der Waals surface area (Å²) >= 11 is 0. The first kappa shape index (κ1) is 14.9. The van der Waals surface area contributed by atoms with Gasteiger partial charge < -0.3 is 11.1 Å². The molecule has 1 unspecified atom stereocenters. The predicted octanol–water partition coefficient (Wildman–Crippen LogP) is 1.57. The van der Waals surface area contributed by atoms with Crippen LogP contribution in [-0.2, 0) is 4.79 Å². The maximum Gasteiger partial charge on any atom is 0.238 e. The summed E-state index contributed by atoms with van der Waals surface area (Å²) in [6.45, 7) is 0.594. The highest BCUT2D eigenvalue weighted by Gasteiger charge is 2.33. The fourth-order valence-corrected chi connectivity index (χ4v) is 2.34. The van der Waals surface area contributed by atoms with Crippen molar-refractivity contribution in [2.24, 2.45) is 11.7 Å². The smallest absolute Gasteiger partial charge is 0.238 e. The van der Waals surface area contributed by atoms with Gasteiger partial charge in [-0.2, -0.15) is 0 Å². The Bertz CT molecular complexity index is 491. The monoisotopic (exact) mass is 283 g/mol. The van der Waals surface area contributed by atoms with Crippen LogP contribution in [0, 0.1) is 17.6 Å². The molecule has 0 aliphatic heterocycles. The minimum absolute atomic E-state index is 0.105. The van der Waals surface area contributed by atoms with E-state index in [1.807, 2.05) is 11.9 Å². The average Bonchev–Trinajstić information content (AvgIpc) is 3.19. The summed E-state index contributed by atoms with van der Waals surface area (Å²) in [5.74, 6) is -1.08. The lowest BCUT2D eigenvalue weighted by atomic mass is 10.1. The van der Waals surface area contributed by atoms with Crippen molar-refractivity contribution < 1.29 is 13.6 Å². The number of anilines is 1. The summed E-state index contributed by atoms with van der Waals surface area (Å²) in [6, 6.07) is 3.13. The summed E-state index contributed by atoms with van der Waals surface area (Å²) in [5, 5.41) is 2.38. The zero-order chi connectivity index (χ0) is 14.7. The Morgan fingerprint density at radius 2 is 2.20 bits per heavy atom. The first-order valence-corrected chi connectivity index (χ1v) is 6.66. The first-order valence-electron chi connectivity index (χ1n) is 6.66. The van der Waals surface area contributed by atoms with Gasteiger partial charge >= 0.3 is 0 Å². The van der Waals surface area contributed by atoms with Gasteiger partial charge in [0.15, 0.2) is 0 Å². The molecule has 1 saturated carbocycles. The second-order valence-corrected chi connectivity index (χ2v) is 5.23. The largest absolute Gasteiger partial charge is 0.329 e. The van der Waals surface area contributed by atoms with Gasteiger partial charge in [-0.05, 0) is 37.9 Å². The van der Waals surface area contributed by atoms with E-state index in [9.17, 15) is 13.6 Å². The maximum atomic E-state index is 13.4. The molecule has 1 aliphatic carbocycles. The zero-order valence-electron chi connectivity index (χ0n) is 11.4. The van der Waals surface area contributed by atoms with E-state index in [1.54, 1.807) is 0 Å². The van der Waals surface area contributed by atoms with Crippen molar-refractivity contribution >= 4 is 11.6 Å². The molecule has 1 amide bonds. The van der Waals surface area contributed by atoms with Crippen molar-refractivity contribution in [3.8, 4) is 0 Å². The zero-order valence-corrected chi connectivity index (χ0v) is 11.4. The fourth-order valence-electron chi connectivity index (χ4n) is 2.34. The molecule has 2 rings (SSSR count). The number of rotatable bonds is 6. The number of hydrogen-bond acceptors (Lipinski definition) is 3. The SMILES string of the molecule is CN(CC(=O)Nc1cc(F)ccc1F)C(CN)C1CC1. The van der Waals surface area contributed by atoms with Gasteiger partial charge in [-0.15, -0.1) is 0 Å². The number of halogens is 2.